The van der Waals surface area contributed by atoms with Crippen LogP contribution in [0.15, 0.2) is 121 Å². The van der Waals surface area contributed by atoms with E-state index in [1.807, 2.05) is 0 Å². The molecule has 0 aliphatic carbocycles. The van der Waals surface area contributed by atoms with Crippen molar-refractivity contribution in [2.24, 2.45) is 0 Å². The standard InChI is InChI=1S/C27H25ClP2.Pd/c28-21-27(30(25-17-9-3-10-18-25)26-19-11-4-12-20-26)22-29(23-13-5-1-6-14-23)24-15-7-2-8-16-24;/h1-20,27H,21-22H2;. The molecule has 0 aromatic heterocycles. The molecule has 0 amide bonds. The monoisotopic (exact) mass is 552 g/mol. The van der Waals surface area contributed by atoms with Gasteiger partial charge < -0.3 is 0 Å². The van der Waals surface area contributed by atoms with Gasteiger partial charge in [-0.15, -0.1) is 11.6 Å². The van der Waals surface area contributed by atoms with Gasteiger partial charge in [0.2, 0.25) is 0 Å². The summed E-state index contributed by atoms with van der Waals surface area (Å²) in [5.41, 5.74) is 0.401. The van der Waals surface area contributed by atoms with Crippen molar-refractivity contribution < 1.29 is 20.4 Å². The molecule has 0 saturated carbocycles. The van der Waals surface area contributed by atoms with Crippen LogP contribution in [-0.4, -0.2) is 17.7 Å². The van der Waals surface area contributed by atoms with Gasteiger partial charge in [-0.3, -0.25) is 0 Å². The maximum atomic E-state index is 6.71. The van der Waals surface area contributed by atoms with Crippen LogP contribution in [0.5, 0.6) is 0 Å². The predicted octanol–water partition coefficient (Wildman–Crippen LogP) is 5.86. The van der Waals surface area contributed by atoms with Crippen LogP contribution in [0, 0.1) is 0 Å². The number of rotatable bonds is 8. The number of benzene rings is 4. The molecule has 1 atom stereocenters. The Kier molecular flexibility index (Phi) is 9.94. The summed E-state index contributed by atoms with van der Waals surface area (Å²) in [4.78, 5) is 0. The molecule has 160 valence electrons. The van der Waals surface area contributed by atoms with Gasteiger partial charge in [-0.25, -0.2) is 0 Å². The molecule has 0 N–H and O–H groups in total. The van der Waals surface area contributed by atoms with Gasteiger partial charge in [0.15, 0.2) is 0 Å². The minimum Gasteiger partial charge on any atom is -0.126 e. The number of alkyl halides is 1. The molecule has 4 rings (SSSR count). The molecular formula is C27H25ClP2Pd. The summed E-state index contributed by atoms with van der Waals surface area (Å²) in [6.07, 6.45) is 1.09. The molecule has 0 saturated heterocycles. The van der Waals surface area contributed by atoms with Crippen molar-refractivity contribution in [1.82, 2.24) is 0 Å². The van der Waals surface area contributed by atoms with Crippen LogP contribution in [0.25, 0.3) is 0 Å². The van der Waals surface area contributed by atoms with Gasteiger partial charge >= 0.3 is 0 Å². The predicted molar refractivity (Wildman–Crippen MR) is 138 cm³/mol. The van der Waals surface area contributed by atoms with E-state index in [9.17, 15) is 0 Å². The third-order valence-corrected chi connectivity index (χ3v) is 11.5. The molecule has 0 fully saturated rings. The van der Waals surface area contributed by atoms with Crippen LogP contribution in [0.3, 0.4) is 0 Å². The van der Waals surface area contributed by atoms with Crippen molar-refractivity contribution in [1.29, 1.82) is 0 Å². The first-order valence-corrected chi connectivity index (χ1v) is 13.7. The molecule has 1 unspecified atom stereocenters. The average Bonchev–Trinajstić information content (AvgIpc) is 2.84. The normalized spacial score (nSPS) is 11.8. The van der Waals surface area contributed by atoms with Crippen LogP contribution in [-0.2, 0) is 20.4 Å². The second kappa shape index (κ2) is 12.7. The second-order valence-electron chi connectivity index (χ2n) is 7.13. The SMILES string of the molecule is ClCC(CP(c1ccccc1)c1ccccc1)P(c1ccccc1)c1ccccc1.[Pd]. The average molecular weight is 553 g/mol. The largest absolute Gasteiger partial charge is 0.126 e. The molecule has 0 bridgehead atoms. The Balaban J connectivity index is 0.00000272. The maximum Gasteiger partial charge on any atom is 0.0300 e. The van der Waals surface area contributed by atoms with Crippen molar-refractivity contribution in [2.45, 2.75) is 5.66 Å². The minimum absolute atomic E-state index is 0. The van der Waals surface area contributed by atoms with E-state index in [1.165, 1.54) is 21.2 Å². The molecule has 31 heavy (non-hydrogen) atoms. The van der Waals surface area contributed by atoms with E-state index in [4.69, 9.17) is 11.6 Å². The summed E-state index contributed by atoms with van der Waals surface area (Å²) in [6, 6.07) is 43.8. The molecule has 4 aromatic rings. The van der Waals surface area contributed by atoms with E-state index < -0.39 is 15.8 Å². The van der Waals surface area contributed by atoms with E-state index >= 15 is 0 Å². The zero-order chi connectivity index (χ0) is 20.6. The Hall–Kier alpha value is -1.31. The third-order valence-electron chi connectivity index (χ3n) is 5.14. The quantitative estimate of drug-likeness (QED) is 0.146. The Morgan fingerprint density at radius 3 is 1.16 bits per heavy atom. The van der Waals surface area contributed by atoms with Gasteiger partial charge in [0, 0.05) is 32.0 Å². The zero-order valence-corrected chi connectivity index (χ0v) is 21.2. The van der Waals surface area contributed by atoms with Gasteiger partial charge in [0.25, 0.3) is 0 Å². The molecule has 0 aliphatic heterocycles. The Labute approximate surface area is 207 Å². The molecule has 0 spiro atoms. The molecule has 4 heteroatoms. The van der Waals surface area contributed by atoms with E-state index in [2.05, 4.69) is 121 Å². The van der Waals surface area contributed by atoms with Crippen molar-refractivity contribution in [3.63, 3.8) is 0 Å². The summed E-state index contributed by atoms with van der Waals surface area (Å²) >= 11 is 6.71. The Morgan fingerprint density at radius 2 is 0.839 bits per heavy atom. The fourth-order valence-corrected chi connectivity index (χ4v) is 10.2. The maximum absolute atomic E-state index is 6.71. The summed E-state index contributed by atoms with van der Waals surface area (Å²) in [5, 5.41) is 5.65. The number of hydrogen-bond acceptors (Lipinski definition) is 0. The number of hydrogen-bond donors (Lipinski definition) is 0. The molecule has 0 aliphatic rings. The number of halogens is 1. The van der Waals surface area contributed by atoms with E-state index in [1.54, 1.807) is 0 Å². The summed E-state index contributed by atoms with van der Waals surface area (Å²) < 4.78 is 0. The fourth-order valence-electron chi connectivity index (χ4n) is 3.73. The van der Waals surface area contributed by atoms with Crippen molar-refractivity contribution in [3.8, 4) is 0 Å². The minimum atomic E-state index is -0.543. The van der Waals surface area contributed by atoms with E-state index in [-0.39, 0.29) is 20.4 Å². The zero-order valence-electron chi connectivity index (χ0n) is 17.1. The van der Waals surface area contributed by atoms with Crippen LogP contribution >= 0.6 is 27.4 Å². The van der Waals surface area contributed by atoms with Gasteiger partial charge in [-0.2, -0.15) is 0 Å². The summed E-state index contributed by atoms with van der Waals surface area (Å²) in [5.74, 6) is 0.661. The van der Waals surface area contributed by atoms with E-state index in [0.717, 1.165) is 6.16 Å². The Bertz CT molecular complexity index is 935. The first-order chi connectivity index (χ1) is 14.9. The van der Waals surface area contributed by atoms with Crippen molar-refractivity contribution in [3.05, 3.63) is 121 Å². The molecule has 0 radical (unpaired) electrons. The Morgan fingerprint density at radius 1 is 0.516 bits per heavy atom. The van der Waals surface area contributed by atoms with Crippen LogP contribution in [0.2, 0.25) is 0 Å². The first-order valence-electron chi connectivity index (χ1n) is 10.2. The van der Waals surface area contributed by atoms with Crippen molar-refractivity contribution >= 4 is 48.7 Å². The van der Waals surface area contributed by atoms with Crippen molar-refractivity contribution in [2.75, 3.05) is 12.0 Å². The molecule has 4 aromatic carbocycles. The van der Waals surface area contributed by atoms with Crippen LogP contribution < -0.4 is 21.2 Å². The van der Waals surface area contributed by atoms with Gasteiger partial charge in [0.1, 0.15) is 0 Å². The third kappa shape index (κ3) is 6.36. The van der Waals surface area contributed by atoms with Crippen LogP contribution in [0.1, 0.15) is 0 Å². The molecule has 0 nitrogen and oxygen atoms in total. The summed E-state index contributed by atoms with van der Waals surface area (Å²) in [7, 11) is -1.02. The van der Waals surface area contributed by atoms with Gasteiger partial charge in [0.05, 0.1) is 0 Å². The molecular weight excluding hydrogens is 528 g/mol. The topological polar surface area (TPSA) is 0 Å². The smallest absolute Gasteiger partial charge is 0.0300 e. The second-order valence-corrected chi connectivity index (χ2v) is 12.2. The summed E-state index contributed by atoms with van der Waals surface area (Å²) in [6.45, 7) is 0. The van der Waals surface area contributed by atoms with E-state index in [0.29, 0.717) is 11.5 Å². The fraction of sp³-hybridized carbons (Fsp3) is 0.111. The first kappa shape index (κ1) is 24.3. The molecule has 0 heterocycles. The van der Waals surface area contributed by atoms with Gasteiger partial charge in [-0.1, -0.05) is 121 Å². The van der Waals surface area contributed by atoms with Gasteiger partial charge in [-0.05, 0) is 43.2 Å². The van der Waals surface area contributed by atoms with Crippen LogP contribution in [0.4, 0.5) is 0 Å².